The van der Waals surface area contributed by atoms with Crippen molar-refractivity contribution in [3.63, 3.8) is 0 Å². The Balaban J connectivity index is 1.94. The molecule has 0 aliphatic rings. The number of rotatable bonds is 7. The quantitative estimate of drug-likeness (QED) is 0.660. The number of aliphatic carboxylic acids is 1. The van der Waals surface area contributed by atoms with E-state index in [1.54, 1.807) is 0 Å². The summed E-state index contributed by atoms with van der Waals surface area (Å²) < 4.78 is 0. The van der Waals surface area contributed by atoms with Gasteiger partial charge in [-0.25, -0.2) is 4.98 Å². The van der Waals surface area contributed by atoms with Crippen LogP contribution in [0.1, 0.15) is 13.3 Å². The Morgan fingerprint density at radius 3 is 2.24 bits per heavy atom. The maximum absolute atomic E-state index is 11.1. The maximum Gasteiger partial charge on any atom is 0.166 e. The lowest BCUT2D eigenvalue weighted by molar-refractivity contribution is -0.310. The number of carboxylic acid groups (broad SMARTS) is 1. The number of carbonyl (C=O) groups excluding carboxylic acids is 1. The number of aromatic amines is 1. The van der Waals surface area contributed by atoms with E-state index >= 15 is 0 Å². The molecular formula is C20H19N2O2S-. The van der Waals surface area contributed by atoms with Gasteiger partial charge in [-0.15, -0.1) is 0 Å². The lowest BCUT2D eigenvalue weighted by Crippen LogP contribution is -2.32. The Bertz CT molecular complexity index is 774. The summed E-state index contributed by atoms with van der Waals surface area (Å²) in [6.45, 7) is 1.86. The van der Waals surface area contributed by atoms with E-state index in [1.165, 1.54) is 11.8 Å². The lowest BCUT2D eigenvalue weighted by atomic mass is 10.1. The van der Waals surface area contributed by atoms with Crippen LogP contribution in [0.15, 0.2) is 65.8 Å². The fourth-order valence-corrected chi connectivity index (χ4v) is 3.63. The molecule has 0 radical (unpaired) electrons. The highest BCUT2D eigenvalue weighted by atomic mass is 32.2. The van der Waals surface area contributed by atoms with Crippen molar-refractivity contribution < 1.29 is 9.90 Å². The highest BCUT2D eigenvalue weighted by molar-refractivity contribution is 7.99. The highest BCUT2D eigenvalue weighted by Gasteiger charge is 2.16. The van der Waals surface area contributed by atoms with E-state index in [1.807, 2.05) is 67.6 Å². The Hall–Kier alpha value is -2.53. The van der Waals surface area contributed by atoms with Gasteiger partial charge in [0.1, 0.15) is 0 Å². The van der Waals surface area contributed by atoms with Crippen LogP contribution in [0.5, 0.6) is 0 Å². The zero-order valence-corrected chi connectivity index (χ0v) is 14.8. The maximum atomic E-state index is 11.1. The summed E-state index contributed by atoms with van der Waals surface area (Å²) in [4.78, 5) is 19.2. The van der Waals surface area contributed by atoms with Crippen LogP contribution in [-0.2, 0) is 4.79 Å². The zero-order valence-electron chi connectivity index (χ0n) is 13.9. The molecule has 3 aromatic rings. The predicted octanol–water partition coefficient (Wildman–Crippen LogP) is 3.61. The molecule has 25 heavy (non-hydrogen) atoms. The molecule has 1 heterocycles. The van der Waals surface area contributed by atoms with Crippen LogP contribution in [0.3, 0.4) is 0 Å². The largest absolute Gasteiger partial charge is 0.550 e. The average Bonchev–Trinajstić information content (AvgIpc) is 3.08. The third-order valence-corrected chi connectivity index (χ3v) is 5.07. The summed E-state index contributed by atoms with van der Waals surface area (Å²) in [5.74, 6) is -1.04. The Labute approximate surface area is 151 Å². The number of nitrogens with one attached hydrogen (secondary N) is 1. The average molecular weight is 351 g/mol. The van der Waals surface area contributed by atoms with Crippen LogP contribution in [0, 0.1) is 5.92 Å². The summed E-state index contributed by atoms with van der Waals surface area (Å²) >= 11 is 1.42. The first-order valence-electron chi connectivity index (χ1n) is 8.23. The second kappa shape index (κ2) is 8.03. The van der Waals surface area contributed by atoms with Crippen LogP contribution < -0.4 is 5.11 Å². The number of H-pyrrole nitrogens is 1. The molecule has 4 nitrogen and oxygen atoms in total. The first-order chi connectivity index (χ1) is 12.2. The molecule has 5 heteroatoms. The van der Waals surface area contributed by atoms with Crippen molar-refractivity contribution in [1.82, 2.24) is 9.97 Å². The van der Waals surface area contributed by atoms with Crippen molar-refractivity contribution in [3.8, 4) is 22.5 Å². The van der Waals surface area contributed by atoms with Crippen molar-refractivity contribution in [2.24, 2.45) is 5.92 Å². The molecular weight excluding hydrogens is 332 g/mol. The van der Waals surface area contributed by atoms with E-state index in [9.17, 15) is 9.90 Å². The first-order valence-corrected chi connectivity index (χ1v) is 9.22. The third-order valence-electron chi connectivity index (χ3n) is 4.04. The molecule has 0 saturated carbocycles. The molecule has 1 aromatic heterocycles. The van der Waals surface area contributed by atoms with E-state index in [4.69, 9.17) is 4.98 Å². The predicted molar refractivity (Wildman–Crippen MR) is 99.0 cm³/mol. The molecule has 1 N–H and O–H groups in total. The fraction of sp³-hybridized carbons (Fsp3) is 0.200. The topological polar surface area (TPSA) is 68.8 Å². The molecule has 0 amide bonds. The van der Waals surface area contributed by atoms with Crippen LogP contribution in [-0.4, -0.2) is 21.7 Å². The van der Waals surface area contributed by atoms with Crippen molar-refractivity contribution >= 4 is 17.7 Å². The van der Waals surface area contributed by atoms with Crippen LogP contribution in [0.4, 0.5) is 0 Å². The summed E-state index contributed by atoms with van der Waals surface area (Å²) in [7, 11) is 0. The third kappa shape index (κ3) is 4.12. The number of carbonyl (C=O) groups is 1. The molecule has 0 spiro atoms. The summed E-state index contributed by atoms with van der Waals surface area (Å²) in [5, 5.41) is 11.8. The van der Waals surface area contributed by atoms with Crippen molar-refractivity contribution in [2.75, 3.05) is 5.75 Å². The van der Waals surface area contributed by atoms with E-state index < -0.39 is 11.9 Å². The fourth-order valence-electron chi connectivity index (χ4n) is 2.57. The van der Waals surface area contributed by atoms with E-state index in [-0.39, 0.29) is 0 Å². The summed E-state index contributed by atoms with van der Waals surface area (Å²) in [6, 6.07) is 20.0. The number of thioether (sulfide) groups is 1. The monoisotopic (exact) mass is 351 g/mol. The minimum atomic E-state index is -1.01. The van der Waals surface area contributed by atoms with Crippen LogP contribution in [0.2, 0.25) is 0 Å². The number of nitrogens with zero attached hydrogens (tertiary/aromatic N) is 1. The van der Waals surface area contributed by atoms with Gasteiger partial charge < -0.3 is 14.9 Å². The highest BCUT2D eigenvalue weighted by Crippen LogP contribution is 2.33. The van der Waals surface area contributed by atoms with E-state index in [2.05, 4.69) is 4.98 Å². The molecule has 1 atom stereocenters. The van der Waals surface area contributed by atoms with Gasteiger partial charge in [0, 0.05) is 28.8 Å². The SMILES string of the molecule is CC[C@H](CSc1nc(-c2ccccc2)c(-c2ccccc2)[nH]1)C(=O)[O-]. The van der Waals surface area contributed by atoms with Crippen molar-refractivity contribution in [1.29, 1.82) is 0 Å². The zero-order chi connectivity index (χ0) is 17.6. The second-order valence-electron chi connectivity index (χ2n) is 5.73. The van der Waals surface area contributed by atoms with E-state index in [0.29, 0.717) is 12.2 Å². The van der Waals surface area contributed by atoms with Gasteiger partial charge in [0.15, 0.2) is 5.16 Å². The van der Waals surface area contributed by atoms with E-state index in [0.717, 1.165) is 27.7 Å². The molecule has 0 aliphatic carbocycles. The normalized spacial score (nSPS) is 12.0. The Morgan fingerprint density at radius 2 is 1.68 bits per heavy atom. The molecule has 2 aromatic carbocycles. The van der Waals surface area contributed by atoms with Gasteiger partial charge in [-0.1, -0.05) is 79.3 Å². The molecule has 0 saturated heterocycles. The Morgan fingerprint density at radius 1 is 1.08 bits per heavy atom. The first kappa shape index (κ1) is 17.3. The number of hydrogen-bond donors (Lipinski definition) is 1. The van der Waals surface area contributed by atoms with Crippen molar-refractivity contribution in [2.45, 2.75) is 18.5 Å². The van der Waals surface area contributed by atoms with Crippen LogP contribution >= 0.6 is 11.8 Å². The number of aromatic nitrogens is 2. The number of carboxylic acids is 1. The van der Waals surface area contributed by atoms with Crippen LogP contribution in [0.25, 0.3) is 22.5 Å². The summed E-state index contributed by atoms with van der Waals surface area (Å²) in [5.41, 5.74) is 3.88. The smallest absolute Gasteiger partial charge is 0.166 e. The second-order valence-corrected chi connectivity index (χ2v) is 6.74. The van der Waals surface area contributed by atoms with Gasteiger partial charge in [-0.05, 0) is 6.42 Å². The summed E-state index contributed by atoms with van der Waals surface area (Å²) in [6.07, 6.45) is 0.549. The van der Waals surface area contributed by atoms with Gasteiger partial charge in [0.05, 0.1) is 11.4 Å². The molecule has 0 unspecified atom stereocenters. The molecule has 0 bridgehead atoms. The molecule has 3 rings (SSSR count). The van der Waals surface area contributed by atoms with Gasteiger partial charge >= 0.3 is 0 Å². The Kier molecular flexibility index (Phi) is 5.56. The number of imidazole rings is 1. The van der Waals surface area contributed by atoms with Gasteiger partial charge in [0.2, 0.25) is 0 Å². The van der Waals surface area contributed by atoms with Gasteiger partial charge in [0.25, 0.3) is 0 Å². The minimum Gasteiger partial charge on any atom is -0.550 e. The molecule has 0 fully saturated rings. The van der Waals surface area contributed by atoms with Crippen molar-refractivity contribution in [3.05, 3.63) is 60.7 Å². The molecule has 0 aliphatic heterocycles. The number of benzene rings is 2. The van der Waals surface area contributed by atoms with Gasteiger partial charge in [-0.3, -0.25) is 0 Å². The van der Waals surface area contributed by atoms with Gasteiger partial charge in [-0.2, -0.15) is 0 Å². The minimum absolute atomic E-state index is 0.439. The lowest BCUT2D eigenvalue weighted by Gasteiger charge is -2.13. The standard InChI is InChI=1S/C20H20N2O2S/c1-2-14(19(23)24)13-25-20-21-17(15-9-5-3-6-10-15)18(22-20)16-11-7-4-8-12-16/h3-12,14H,2,13H2,1H3,(H,21,22)(H,23,24)/p-1/t14-/m1/s1. The number of hydrogen-bond acceptors (Lipinski definition) is 4. The molecule has 128 valence electrons.